The van der Waals surface area contributed by atoms with Gasteiger partial charge in [-0.25, -0.2) is 4.39 Å². The van der Waals surface area contributed by atoms with Crippen LogP contribution in [0.25, 0.3) is 0 Å². The first-order chi connectivity index (χ1) is 12.2. The lowest BCUT2D eigenvalue weighted by atomic mass is 9.74. The van der Waals surface area contributed by atoms with Crippen molar-refractivity contribution in [3.05, 3.63) is 81.1 Å². The van der Waals surface area contributed by atoms with E-state index in [0.717, 1.165) is 24.8 Å². The molecule has 4 rings (SSSR count). The van der Waals surface area contributed by atoms with Crippen molar-refractivity contribution in [2.45, 2.75) is 51.4 Å². The van der Waals surface area contributed by atoms with Gasteiger partial charge in [0.1, 0.15) is 5.82 Å². The summed E-state index contributed by atoms with van der Waals surface area (Å²) in [6.07, 6.45) is 11.4. The average molecular weight is 355 g/mol. The fraction of sp³-hybridized carbons (Fsp3) is 0.391. The van der Waals surface area contributed by atoms with E-state index in [1.165, 1.54) is 24.8 Å². The predicted octanol–water partition coefficient (Wildman–Crippen LogP) is 6.43. The molecule has 2 aromatic rings. The van der Waals surface area contributed by atoms with Crippen LogP contribution in [0, 0.1) is 11.7 Å². The third kappa shape index (κ3) is 3.27. The van der Waals surface area contributed by atoms with E-state index in [-0.39, 0.29) is 10.8 Å². The van der Waals surface area contributed by atoms with Crippen LogP contribution in [-0.4, -0.2) is 0 Å². The van der Waals surface area contributed by atoms with Crippen LogP contribution in [0.1, 0.15) is 53.5 Å². The maximum absolute atomic E-state index is 13.8. The minimum absolute atomic E-state index is 0.213. The molecule has 0 bridgehead atoms. The van der Waals surface area contributed by atoms with E-state index in [1.807, 2.05) is 6.07 Å². The molecular weight excluding hydrogens is 331 g/mol. The Morgan fingerprint density at radius 2 is 1.72 bits per heavy atom. The number of fused-ring (bicyclic) bond motifs is 3. The molecular formula is C23H24ClF. The van der Waals surface area contributed by atoms with Crippen LogP contribution in [0.3, 0.4) is 0 Å². The Balaban J connectivity index is 1.59. The first-order valence-electron chi connectivity index (χ1n) is 9.36. The van der Waals surface area contributed by atoms with Crippen LogP contribution < -0.4 is 0 Å². The molecule has 0 heterocycles. The van der Waals surface area contributed by atoms with Crippen molar-refractivity contribution in [1.29, 1.82) is 0 Å². The van der Waals surface area contributed by atoms with Crippen molar-refractivity contribution in [3.8, 4) is 0 Å². The van der Waals surface area contributed by atoms with Gasteiger partial charge in [-0.1, -0.05) is 42.0 Å². The number of rotatable bonds is 2. The fourth-order valence-corrected chi connectivity index (χ4v) is 4.80. The van der Waals surface area contributed by atoms with Gasteiger partial charge in [0, 0.05) is 0 Å². The molecule has 0 nitrogen and oxygen atoms in total. The minimum atomic E-state index is -0.301. The summed E-state index contributed by atoms with van der Waals surface area (Å²) in [6.45, 7) is 2.11. The van der Waals surface area contributed by atoms with E-state index in [4.69, 9.17) is 11.6 Å². The summed E-state index contributed by atoms with van der Waals surface area (Å²) in [7, 11) is 0. The number of halogens is 2. The van der Waals surface area contributed by atoms with Gasteiger partial charge in [0.25, 0.3) is 0 Å². The molecule has 0 saturated carbocycles. The third-order valence-corrected chi connectivity index (χ3v) is 6.27. The van der Waals surface area contributed by atoms with Gasteiger partial charge in [-0.15, -0.1) is 0 Å². The van der Waals surface area contributed by atoms with Gasteiger partial charge >= 0.3 is 0 Å². The van der Waals surface area contributed by atoms with E-state index < -0.39 is 0 Å². The van der Waals surface area contributed by atoms with Gasteiger partial charge in [-0.05, 0) is 97.2 Å². The first-order valence-corrected chi connectivity index (χ1v) is 9.73. The van der Waals surface area contributed by atoms with Crippen LogP contribution in [0.5, 0.6) is 0 Å². The monoisotopic (exact) mass is 354 g/mol. The fourth-order valence-electron chi connectivity index (χ4n) is 4.68. The molecule has 0 fully saturated rings. The van der Waals surface area contributed by atoms with Crippen LogP contribution in [0.2, 0.25) is 5.02 Å². The van der Waals surface area contributed by atoms with E-state index in [9.17, 15) is 4.39 Å². The summed E-state index contributed by atoms with van der Waals surface area (Å²) in [5.74, 6) is 0.797. The molecule has 0 radical (unpaired) electrons. The summed E-state index contributed by atoms with van der Waals surface area (Å²) in [5, 5.41) is 0.213. The molecule has 130 valence electrons. The molecule has 0 N–H and O–H groups in total. The zero-order valence-electron chi connectivity index (χ0n) is 14.7. The van der Waals surface area contributed by atoms with Gasteiger partial charge in [-0.2, -0.15) is 0 Å². The lowest BCUT2D eigenvalue weighted by Gasteiger charge is -2.31. The van der Waals surface area contributed by atoms with Crippen LogP contribution in [-0.2, 0) is 25.7 Å². The SMILES string of the molecule is CC=CC1CCc2c(ccc3c2CCC(c2ccc(Cl)c(F)c2)C3)C1. The van der Waals surface area contributed by atoms with Crippen molar-refractivity contribution < 1.29 is 4.39 Å². The first kappa shape index (κ1) is 16.8. The average Bonchev–Trinajstić information content (AvgIpc) is 2.63. The highest BCUT2D eigenvalue weighted by Gasteiger charge is 2.26. The molecule has 0 aromatic heterocycles. The van der Waals surface area contributed by atoms with Crippen molar-refractivity contribution in [3.63, 3.8) is 0 Å². The van der Waals surface area contributed by atoms with E-state index >= 15 is 0 Å². The number of benzene rings is 2. The third-order valence-electron chi connectivity index (χ3n) is 5.96. The van der Waals surface area contributed by atoms with Crippen molar-refractivity contribution in [2.75, 3.05) is 0 Å². The molecule has 0 spiro atoms. The number of hydrogen-bond acceptors (Lipinski definition) is 0. The molecule has 2 atom stereocenters. The molecule has 2 heteroatoms. The second-order valence-electron chi connectivity index (χ2n) is 7.48. The second kappa shape index (κ2) is 6.96. The Kier molecular flexibility index (Phi) is 4.69. The molecule has 0 aliphatic heterocycles. The second-order valence-corrected chi connectivity index (χ2v) is 7.89. The Bertz CT molecular complexity index is 821. The minimum Gasteiger partial charge on any atom is -0.205 e. The van der Waals surface area contributed by atoms with E-state index in [0.29, 0.717) is 11.8 Å². The molecule has 0 saturated heterocycles. The Morgan fingerprint density at radius 3 is 2.44 bits per heavy atom. The van der Waals surface area contributed by atoms with E-state index in [2.05, 4.69) is 31.2 Å². The van der Waals surface area contributed by atoms with Crippen molar-refractivity contribution in [1.82, 2.24) is 0 Å². The van der Waals surface area contributed by atoms with Crippen LogP contribution in [0.15, 0.2) is 42.5 Å². The zero-order chi connectivity index (χ0) is 17.4. The van der Waals surface area contributed by atoms with E-state index in [1.54, 1.807) is 28.8 Å². The normalized spacial score (nSPS) is 22.7. The summed E-state index contributed by atoms with van der Waals surface area (Å²) >= 11 is 5.83. The summed E-state index contributed by atoms with van der Waals surface area (Å²) in [6, 6.07) is 9.97. The highest BCUT2D eigenvalue weighted by Crippen LogP contribution is 2.38. The summed E-state index contributed by atoms with van der Waals surface area (Å²) in [5.41, 5.74) is 7.29. The van der Waals surface area contributed by atoms with Gasteiger partial charge in [0.15, 0.2) is 0 Å². The predicted molar refractivity (Wildman–Crippen MR) is 103 cm³/mol. The Labute approximate surface area is 154 Å². The van der Waals surface area contributed by atoms with Gasteiger partial charge < -0.3 is 0 Å². The zero-order valence-corrected chi connectivity index (χ0v) is 15.5. The maximum Gasteiger partial charge on any atom is 0.142 e. The quantitative estimate of drug-likeness (QED) is 0.545. The molecule has 2 unspecified atom stereocenters. The lowest BCUT2D eigenvalue weighted by Crippen LogP contribution is -2.20. The Morgan fingerprint density at radius 1 is 1.00 bits per heavy atom. The van der Waals surface area contributed by atoms with Gasteiger partial charge in [0.2, 0.25) is 0 Å². The molecule has 2 aliphatic carbocycles. The molecule has 2 aromatic carbocycles. The Hall–Kier alpha value is -1.60. The number of hydrogen-bond donors (Lipinski definition) is 0. The van der Waals surface area contributed by atoms with Gasteiger partial charge in [-0.3, -0.25) is 0 Å². The smallest absolute Gasteiger partial charge is 0.142 e. The molecule has 25 heavy (non-hydrogen) atoms. The summed E-state index contributed by atoms with van der Waals surface area (Å²) < 4.78 is 13.8. The summed E-state index contributed by atoms with van der Waals surface area (Å²) in [4.78, 5) is 0. The lowest BCUT2D eigenvalue weighted by molar-refractivity contribution is 0.532. The standard InChI is InChI=1S/C23H24ClF/c1-2-3-15-4-9-20-18(12-15)5-6-19-13-16(7-10-21(19)20)17-8-11-22(24)23(25)14-17/h2-3,5-6,8,11,14-16H,4,7,9-10,12-13H2,1H3. The topological polar surface area (TPSA) is 0 Å². The van der Waals surface area contributed by atoms with Crippen molar-refractivity contribution in [2.24, 2.45) is 5.92 Å². The molecule has 2 aliphatic rings. The molecule has 0 amide bonds. The van der Waals surface area contributed by atoms with Crippen molar-refractivity contribution >= 4 is 11.6 Å². The maximum atomic E-state index is 13.8. The highest BCUT2D eigenvalue weighted by atomic mass is 35.5. The van der Waals surface area contributed by atoms with Gasteiger partial charge in [0.05, 0.1) is 5.02 Å². The highest BCUT2D eigenvalue weighted by molar-refractivity contribution is 6.30. The number of allylic oxidation sites excluding steroid dienone is 2. The largest absolute Gasteiger partial charge is 0.205 e. The van der Waals surface area contributed by atoms with Crippen LogP contribution >= 0.6 is 11.6 Å². The van der Waals surface area contributed by atoms with Crippen LogP contribution in [0.4, 0.5) is 4.39 Å².